The molecule has 6 nitrogen and oxygen atoms in total. The van der Waals surface area contributed by atoms with E-state index in [0.29, 0.717) is 23.0 Å². The van der Waals surface area contributed by atoms with Gasteiger partial charge in [0.15, 0.2) is 18.3 Å². The van der Waals surface area contributed by atoms with Crippen molar-refractivity contribution in [3.05, 3.63) is 23.3 Å². The zero-order chi connectivity index (χ0) is 18.8. The number of methoxy groups -OCH3 is 4. The largest absolute Gasteiger partial charge is 0.496 e. The molecule has 0 saturated heterocycles. The lowest BCUT2D eigenvalue weighted by Gasteiger charge is -2.31. The number of benzene rings is 2. The summed E-state index contributed by atoms with van der Waals surface area (Å²) in [5, 5.41) is 1.71. The molecule has 3 rings (SSSR count). The molecule has 0 bridgehead atoms. The van der Waals surface area contributed by atoms with E-state index < -0.39 is 0 Å². The minimum atomic E-state index is -0.0946. The van der Waals surface area contributed by atoms with Crippen molar-refractivity contribution in [1.29, 1.82) is 0 Å². The summed E-state index contributed by atoms with van der Waals surface area (Å²) in [6.07, 6.45) is 0.827. The Morgan fingerprint density at radius 2 is 1.69 bits per heavy atom. The van der Waals surface area contributed by atoms with Gasteiger partial charge in [-0.3, -0.25) is 0 Å². The molecule has 1 aliphatic heterocycles. The van der Waals surface area contributed by atoms with Gasteiger partial charge in [-0.05, 0) is 31.9 Å². The molecule has 2 atom stereocenters. The van der Waals surface area contributed by atoms with Crippen molar-refractivity contribution in [2.45, 2.75) is 32.5 Å². The predicted octanol–water partition coefficient (Wildman–Crippen LogP) is 3.87. The van der Waals surface area contributed by atoms with Crippen molar-refractivity contribution in [3.63, 3.8) is 0 Å². The van der Waals surface area contributed by atoms with Crippen molar-refractivity contribution in [2.75, 3.05) is 35.2 Å². The second kappa shape index (κ2) is 7.60. The molecule has 0 saturated carbocycles. The molecule has 142 valence electrons. The normalized spacial score (nSPS) is 19.2. The van der Waals surface area contributed by atoms with Gasteiger partial charge in [-0.15, -0.1) is 0 Å². The Morgan fingerprint density at radius 3 is 2.31 bits per heavy atom. The summed E-state index contributed by atoms with van der Waals surface area (Å²) in [6, 6.07) is 3.94. The third kappa shape index (κ3) is 3.04. The molecule has 0 unspecified atom stereocenters. The smallest absolute Gasteiger partial charge is 0.188 e. The van der Waals surface area contributed by atoms with Gasteiger partial charge in [-0.1, -0.05) is 0 Å². The van der Waals surface area contributed by atoms with Crippen LogP contribution in [0.5, 0.6) is 23.0 Å². The Balaban J connectivity index is 2.41. The second-order valence-corrected chi connectivity index (χ2v) is 6.36. The van der Waals surface area contributed by atoms with Crippen LogP contribution in [0, 0.1) is 0 Å². The molecule has 0 fully saturated rings. The SMILES string of the molecule is COCOc1c2c(cc3c(OC)c(OC)cc(OC)c13)C[C@H](C)O[C@@H]2C. The van der Waals surface area contributed by atoms with Gasteiger partial charge in [0.1, 0.15) is 11.5 Å². The summed E-state index contributed by atoms with van der Waals surface area (Å²) in [6.45, 7) is 4.24. The molecule has 2 aromatic carbocycles. The minimum Gasteiger partial charge on any atom is -0.496 e. The first kappa shape index (κ1) is 18.6. The minimum absolute atomic E-state index is 0.0946. The van der Waals surface area contributed by atoms with Gasteiger partial charge in [0.2, 0.25) is 0 Å². The fourth-order valence-electron chi connectivity index (χ4n) is 3.72. The van der Waals surface area contributed by atoms with E-state index in [4.69, 9.17) is 28.4 Å². The lowest BCUT2D eigenvalue weighted by molar-refractivity contribution is -0.00931. The van der Waals surface area contributed by atoms with Crippen molar-refractivity contribution in [3.8, 4) is 23.0 Å². The molecule has 0 aromatic heterocycles. The highest BCUT2D eigenvalue weighted by Gasteiger charge is 2.30. The topological polar surface area (TPSA) is 55.4 Å². The molecular formula is C20H26O6. The third-order valence-corrected chi connectivity index (χ3v) is 4.70. The van der Waals surface area contributed by atoms with Crippen LogP contribution in [-0.2, 0) is 15.9 Å². The summed E-state index contributed by atoms with van der Waals surface area (Å²) < 4.78 is 34.0. The van der Waals surface area contributed by atoms with Crippen LogP contribution in [0.15, 0.2) is 12.1 Å². The highest BCUT2D eigenvalue weighted by molar-refractivity contribution is 6.01. The van der Waals surface area contributed by atoms with Crippen molar-refractivity contribution in [2.24, 2.45) is 0 Å². The number of rotatable bonds is 6. The number of fused-ring (bicyclic) bond motifs is 2. The maximum Gasteiger partial charge on any atom is 0.188 e. The summed E-state index contributed by atoms with van der Waals surface area (Å²) in [7, 11) is 6.47. The molecule has 0 spiro atoms. The molecule has 1 heterocycles. The fraction of sp³-hybridized carbons (Fsp3) is 0.500. The molecule has 0 aliphatic carbocycles. The predicted molar refractivity (Wildman–Crippen MR) is 98.8 cm³/mol. The highest BCUT2D eigenvalue weighted by atomic mass is 16.7. The van der Waals surface area contributed by atoms with Crippen LogP contribution in [0.1, 0.15) is 31.1 Å². The Bertz CT molecular complexity index is 801. The van der Waals surface area contributed by atoms with E-state index in [0.717, 1.165) is 22.8 Å². The maximum absolute atomic E-state index is 6.04. The molecule has 0 radical (unpaired) electrons. The van der Waals surface area contributed by atoms with Gasteiger partial charge in [-0.2, -0.15) is 0 Å². The molecule has 2 aromatic rings. The Labute approximate surface area is 153 Å². The average molecular weight is 362 g/mol. The van der Waals surface area contributed by atoms with E-state index in [9.17, 15) is 0 Å². The molecule has 6 heteroatoms. The second-order valence-electron chi connectivity index (χ2n) is 6.36. The van der Waals surface area contributed by atoms with Gasteiger partial charge in [0, 0.05) is 24.1 Å². The summed E-state index contributed by atoms with van der Waals surface area (Å²) in [5.74, 6) is 2.62. The third-order valence-electron chi connectivity index (χ3n) is 4.70. The van der Waals surface area contributed by atoms with E-state index in [1.165, 1.54) is 5.56 Å². The Morgan fingerprint density at radius 1 is 0.962 bits per heavy atom. The first-order chi connectivity index (χ1) is 12.5. The zero-order valence-corrected chi connectivity index (χ0v) is 16.2. The number of hydrogen-bond acceptors (Lipinski definition) is 6. The van der Waals surface area contributed by atoms with E-state index in [2.05, 4.69) is 13.0 Å². The lowest BCUT2D eigenvalue weighted by atomic mass is 9.90. The molecule has 0 amide bonds. The van der Waals surface area contributed by atoms with E-state index in [-0.39, 0.29) is 19.0 Å². The number of hydrogen-bond donors (Lipinski definition) is 0. The van der Waals surface area contributed by atoms with Gasteiger partial charge >= 0.3 is 0 Å². The van der Waals surface area contributed by atoms with Crippen LogP contribution in [0.25, 0.3) is 10.8 Å². The first-order valence-electron chi connectivity index (χ1n) is 8.61. The first-order valence-corrected chi connectivity index (χ1v) is 8.61. The fourth-order valence-corrected chi connectivity index (χ4v) is 3.72. The van der Waals surface area contributed by atoms with Crippen molar-refractivity contribution < 1.29 is 28.4 Å². The maximum atomic E-state index is 6.04. The standard InChI is InChI=1S/C20H26O6/c1-11-7-13-8-14-18(15(22-4)9-16(23-5)19(14)24-6)20(25-10-21-3)17(13)12(2)26-11/h8-9,11-12H,7,10H2,1-6H3/t11-,12+/m0/s1. The van der Waals surface area contributed by atoms with Crippen LogP contribution in [-0.4, -0.2) is 41.3 Å². The molecular weight excluding hydrogens is 336 g/mol. The Hall–Kier alpha value is -2.18. The van der Waals surface area contributed by atoms with E-state index >= 15 is 0 Å². The van der Waals surface area contributed by atoms with Gasteiger partial charge in [0.25, 0.3) is 0 Å². The van der Waals surface area contributed by atoms with Gasteiger partial charge in [0.05, 0.1) is 38.9 Å². The summed E-state index contributed by atoms with van der Waals surface area (Å²) in [4.78, 5) is 0. The van der Waals surface area contributed by atoms with Crippen molar-refractivity contribution in [1.82, 2.24) is 0 Å². The molecule has 26 heavy (non-hydrogen) atoms. The van der Waals surface area contributed by atoms with Crippen molar-refractivity contribution >= 4 is 10.8 Å². The quantitative estimate of drug-likeness (QED) is 0.727. The molecule has 0 N–H and O–H groups in total. The van der Waals surface area contributed by atoms with Crippen LogP contribution in [0.3, 0.4) is 0 Å². The summed E-state index contributed by atoms with van der Waals surface area (Å²) in [5.41, 5.74) is 2.20. The molecule has 1 aliphatic rings. The number of ether oxygens (including phenoxy) is 6. The zero-order valence-electron chi connectivity index (χ0n) is 16.2. The average Bonchev–Trinajstić information content (AvgIpc) is 2.63. The monoisotopic (exact) mass is 362 g/mol. The van der Waals surface area contributed by atoms with Crippen LogP contribution in [0.2, 0.25) is 0 Å². The van der Waals surface area contributed by atoms with Gasteiger partial charge < -0.3 is 28.4 Å². The van der Waals surface area contributed by atoms with Gasteiger partial charge in [-0.25, -0.2) is 0 Å². The lowest BCUT2D eigenvalue weighted by Crippen LogP contribution is -2.23. The highest BCUT2D eigenvalue weighted by Crippen LogP contribution is 2.50. The van der Waals surface area contributed by atoms with Crippen LogP contribution >= 0.6 is 0 Å². The van der Waals surface area contributed by atoms with E-state index in [1.807, 2.05) is 13.0 Å². The van der Waals surface area contributed by atoms with Crippen LogP contribution < -0.4 is 18.9 Å². The summed E-state index contributed by atoms with van der Waals surface area (Å²) >= 11 is 0. The Kier molecular flexibility index (Phi) is 5.44. The van der Waals surface area contributed by atoms with Crippen LogP contribution in [0.4, 0.5) is 0 Å². The van der Waals surface area contributed by atoms with E-state index in [1.54, 1.807) is 28.4 Å².